The molecule has 0 bridgehead atoms. The van der Waals surface area contributed by atoms with E-state index in [-0.39, 0.29) is 0 Å². The summed E-state index contributed by atoms with van der Waals surface area (Å²) in [6.45, 7) is 10.7. The summed E-state index contributed by atoms with van der Waals surface area (Å²) in [6, 6.07) is 1.48. The van der Waals surface area contributed by atoms with E-state index in [1.54, 1.807) is 0 Å². The Bertz CT molecular complexity index is 180. The molecule has 0 aromatic heterocycles. The topological polar surface area (TPSA) is 15.3 Å². The molecule has 0 aromatic carbocycles. The van der Waals surface area contributed by atoms with E-state index >= 15 is 0 Å². The van der Waals surface area contributed by atoms with Crippen molar-refractivity contribution in [2.45, 2.75) is 77.8 Å². The molecule has 1 saturated heterocycles. The molecule has 1 N–H and O–H groups in total. The molecule has 1 aliphatic rings. The average molecular weight is 240 g/mol. The molecule has 1 heterocycles. The van der Waals surface area contributed by atoms with Gasteiger partial charge in [0.05, 0.1) is 0 Å². The lowest BCUT2D eigenvalue weighted by Crippen LogP contribution is -2.37. The molecule has 0 aliphatic carbocycles. The lowest BCUT2D eigenvalue weighted by molar-refractivity contribution is 0.157. The molecule has 0 saturated carbocycles. The second-order valence-electron chi connectivity index (χ2n) is 5.90. The Hall–Kier alpha value is -0.0800. The highest BCUT2D eigenvalue weighted by Crippen LogP contribution is 2.17. The maximum Gasteiger partial charge on any atom is 0.00669 e. The van der Waals surface area contributed by atoms with Gasteiger partial charge in [0.15, 0.2) is 0 Å². The second-order valence-corrected chi connectivity index (χ2v) is 5.90. The van der Waals surface area contributed by atoms with Gasteiger partial charge in [0.1, 0.15) is 0 Å². The first kappa shape index (κ1) is 15.0. The van der Waals surface area contributed by atoms with Gasteiger partial charge in [-0.3, -0.25) is 0 Å². The fraction of sp³-hybridized carbons (Fsp3) is 1.00. The third kappa shape index (κ3) is 7.05. The van der Waals surface area contributed by atoms with Crippen molar-refractivity contribution in [3.63, 3.8) is 0 Å². The summed E-state index contributed by atoms with van der Waals surface area (Å²) >= 11 is 0. The maximum atomic E-state index is 3.48. The van der Waals surface area contributed by atoms with Gasteiger partial charge in [-0.2, -0.15) is 0 Å². The van der Waals surface area contributed by atoms with Crippen LogP contribution in [-0.2, 0) is 0 Å². The van der Waals surface area contributed by atoms with Crippen LogP contribution in [0.15, 0.2) is 0 Å². The summed E-state index contributed by atoms with van der Waals surface area (Å²) in [4.78, 5) is 2.69. The van der Waals surface area contributed by atoms with Crippen molar-refractivity contribution in [2.75, 3.05) is 19.6 Å². The molecule has 1 atom stereocenters. The van der Waals surface area contributed by atoms with Crippen LogP contribution >= 0.6 is 0 Å². The standard InChI is InChI=1S/C15H32N2/c1-14(2)16-11-7-4-5-8-12-17-13-9-6-10-15(17)3/h14-16H,4-13H2,1-3H3. The normalized spacial score (nSPS) is 22.2. The smallest absolute Gasteiger partial charge is 0.00669 e. The first-order valence-electron chi connectivity index (χ1n) is 7.67. The molecule has 0 aromatic rings. The summed E-state index contributed by atoms with van der Waals surface area (Å²) in [5, 5.41) is 3.48. The second kappa shape index (κ2) is 8.93. The summed E-state index contributed by atoms with van der Waals surface area (Å²) in [7, 11) is 0. The molecule has 102 valence electrons. The molecule has 1 unspecified atom stereocenters. The zero-order chi connectivity index (χ0) is 12.5. The van der Waals surface area contributed by atoms with Gasteiger partial charge in [0.25, 0.3) is 0 Å². The lowest BCUT2D eigenvalue weighted by atomic mass is 10.0. The molecule has 0 amide bonds. The zero-order valence-electron chi connectivity index (χ0n) is 12.2. The number of likely N-dealkylation sites (tertiary alicyclic amines) is 1. The number of nitrogens with one attached hydrogen (secondary N) is 1. The van der Waals surface area contributed by atoms with Crippen LogP contribution in [0.2, 0.25) is 0 Å². The molecular formula is C15H32N2. The van der Waals surface area contributed by atoms with E-state index in [9.17, 15) is 0 Å². The quantitative estimate of drug-likeness (QED) is 0.654. The molecule has 17 heavy (non-hydrogen) atoms. The van der Waals surface area contributed by atoms with Crippen LogP contribution in [0.25, 0.3) is 0 Å². The molecule has 1 aliphatic heterocycles. The van der Waals surface area contributed by atoms with E-state index in [0.29, 0.717) is 6.04 Å². The number of piperidine rings is 1. The highest BCUT2D eigenvalue weighted by molar-refractivity contribution is 4.72. The number of hydrogen-bond acceptors (Lipinski definition) is 2. The third-order valence-electron chi connectivity index (χ3n) is 3.87. The molecule has 0 spiro atoms. The Morgan fingerprint density at radius 1 is 1.12 bits per heavy atom. The predicted octanol–water partition coefficient (Wildman–Crippen LogP) is 3.42. The Kier molecular flexibility index (Phi) is 7.87. The minimum absolute atomic E-state index is 0.643. The van der Waals surface area contributed by atoms with Crippen molar-refractivity contribution in [3.8, 4) is 0 Å². The van der Waals surface area contributed by atoms with E-state index in [4.69, 9.17) is 0 Å². The van der Waals surface area contributed by atoms with Gasteiger partial charge in [-0.15, -0.1) is 0 Å². The van der Waals surface area contributed by atoms with Crippen LogP contribution in [0.5, 0.6) is 0 Å². The van der Waals surface area contributed by atoms with Gasteiger partial charge >= 0.3 is 0 Å². The van der Waals surface area contributed by atoms with E-state index in [0.717, 1.165) is 6.04 Å². The van der Waals surface area contributed by atoms with Gasteiger partial charge in [-0.25, -0.2) is 0 Å². The number of rotatable bonds is 8. The first-order chi connectivity index (χ1) is 8.20. The molecule has 1 rings (SSSR count). The van der Waals surface area contributed by atoms with Crippen molar-refractivity contribution >= 4 is 0 Å². The third-order valence-corrected chi connectivity index (χ3v) is 3.87. The number of unbranched alkanes of at least 4 members (excludes halogenated alkanes) is 3. The Morgan fingerprint density at radius 2 is 1.88 bits per heavy atom. The lowest BCUT2D eigenvalue weighted by Gasteiger charge is -2.33. The molecular weight excluding hydrogens is 208 g/mol. The Labute approximate surface area is 108 Å². The molecule has 0 radical (unpaired) electrons. The maximum absolute atomic E-state index is 3.48. The number of nitrogens with zero attached hydrogens (tertiary/aromatic N) is 1. The summed E-state index contributed by atoms with van der Waals surface area (Å²) in [5.41, 5.74) is 0. The fourth-order valence-corrected chi connectivity index (χ4v) is 2.67. The molecule has 2 heteroatoms. The van der Waals surface area contributed by atoms with Crippen LogP contribution in [-0.4, -0.2) is 36.6 Å². The van der Waals surface area contributed by atoms with E-state index in [2.05, 4.69) is 31.0 Å². The summed E-state index contributed by atoms with van der Waals surface area (Å²) in [6.07, 6.45) is 9.81. The highest BCUT2D eigenvalue weighted by atomic mass is 15.1. The van der Waals surface area contributed by atoms with Gasteiger partial charge in [-0.1, -0.05) is 33.1 Å². The van der Waals surface area contributed by atoms with Gasteiger partial charge in [-0.05, 0) is 52.2 Å². The highest BCUT2D eigenvalue weighted by Gasteiger charge is 2.16. The fourth-order valence-electron chi connectivity index (χ4n) is 2.67. The van der Waals surface area contributed by atoms with Crippen molar-refractivity contribution in [3.05, 3.63) is 0 Å². The van der Waals surface area contributed by atoms with E-state index in [1.807, 2.05) is 0 Å². The summed E-state index contributed by atoms with van der Waals surface area (Å²) in [5.74, 6) is 0. The van der Waals surface area contributed by atoms with Crippen molar-refractivity contribution in [1.29, 1.82) is 0 Å². The molecule has 1 fully saturated rings. The number of hydrogen-bond donors (Lipinski definition) is 1. The minimum Gasteiger partial charge on any atom is -0.315 e. The average Bonchev–Trinajstić information content (AvgIpc) is 2.30. The van der Waals surface area contributed by atoms with Crippen molar-refractivity contribution in [1.82, 2.24) is 10.2 Å². The van der Waals surface area contributed by atoms with Crippen molar-refractivity contribution in [2.24, 2.45) is 0 Å². The van der Waals surface area contributed by atoms with Crippen LogP contribution in [0, 0.1) is 0 Å². The molecule has 2 nitrogen and oxygen atoms in total. The Balaban J connectivity index is 1.89. The largest absolute Gasteiger partial charge is 0.315 e. The van der Waals surface area contributed by atoms with E-state index < -0.39 is 0 Å². The van der Waals surface area contributed by atoms with E-state index in [1.165, 1.54) is 64.6 Å². The van der Waals surface area contributed by atoms with Crippen LogP contribution in [0.3, 0.4) is 0 Å². The Morgan fingerprint density at radius 3 is 2.59 bits per heavy atom. The monoisotopic (exact) mass is 240 g/mol. The van der Waals surface area contributed by atoms with Crippen LogP contribution in [0.1, 0.15) is 65.7 Å². The van der Waals surface area contributed by atoms with Gasteiger partial charge in [0.2, 0.25) is 0 Å². The van der Waals surface area contributed by atoms with Crippen LogP contribution in [0.4, 0.5) is 0 Å². The van der Waals surface area contributed by atoms with Gasteiger partial charge in [0, 0.05) is 12.1 Å². The van der Waals surface area contributed by atoms with Gasteiger partial charge < -0.3 is 10.2 Å². The van der Waals surface area contributed by atoms with Crippen LogP contribution < -0.4 is 5.32 Å². The zero-order valence-corrected chi connectivity index (χ0v) is 12.2. The first-order valence-corrected chi connectivity index (χ1v) is 7.67. The minimum atomic E-state index is 0.643. The predicted molar refractivity (Wildman–Crippen MR) is 76.5 cm³/mol. The summed E-state index contributed by atoms with van der Waals surface area (Å²) < 4.78 is 0. The van der Waals surface area contributed by atoms with Crippen molar-refractivity contribution < 1.29 is 0 Å². The SMILES string of the molecule is CC(C)NCCCCCCN1CCCCC1C.